The largest absolute Gasteiger partial charge is 0.493 e. The van der Waals surface area contributed by atoms with Gasteiger partial charge in [-0.3, -0.25) is 4.79 Å². The summed E-state index contributed by atoms with van der Waals surface area (Å²) in [6.07, 6.45) is 0.164. The average Bonchev–Trinajstić information content (AvgIpc) is 2.66. The van der Waals surface area contributed by atoms with E-state index < -0.39 is 5.60 Å². The van der Waals surface area contributed by atoms with Gasteiger partial charge in [-0.25, -0.2) is 4.39 Å². The van der Waals surface area contributed by atoms with Crippen molar-refractivity contribution >= 4 is 5.91 Å². The molecule has 2 aromatic carbocycles. The van der Waals surface area contributed by atoms with E-state index >= 15 is 0 Å². The van der Waals surface area contributed by atoms with Gasteiger partial charge < -0.3 is 19.5 Å². The molecule has 2 rings (SSSR count). The first-order valence-electron chi connectivity index (χ1n) is 8.21. The molecule has 0 aromatic heterocycles. The molecule has 0 spiro atoms. The summed E-state index contributed by atoms with van der Waals surface area (Å²) in [5, 5.41) is 2.81. The molecule has 0 bridgehead atoms. The molecule has 0 heterocycles. The van der Waals surface area contributed by atoms with Gasteiger partial charge in [0.2, 0.25) is 5.91 Å². The lowest BCUT2D eigenvalue weighted by Gasteiger charge is -2.29. The van der Waals surface area contributed by atoms with Crippen molar-refractivity contribution in [2.75, 3.05) is 27.9 Å². The van der Waals surface area contributed by atoms with Crippen molar-refractivity contribution in [2.45, 2.75) is 18.9 Å². The molecule has 0 aliphatic carbocycles. The van der Waals surface area contributed by atoms with Gasteiger partial charge in [-0.15, -0.1) is 0 Å². The molecule has 0 fully saturated rings. The van der Waals surface area contributed by atoms with Crippen LogP contribution < -0.4 is 14.8 Å². The van der Waals surface area contributed by atoms with Gasteiger partial charge in [-0.05, 0) is 30.7 Å². The summed E-state index contributed by atoms with van der Waals surface area (Å²) in [6.45, 7) is 1.89. The highest BCUT2D eigenvalue weighted by molar-refractivity contribution is 5.78. The van der Waals surface area contributed by atoms with Crippen molar-refractivity contribution in [1.82, 2.24) is 5.32 Å². The summed E-state index contributed by atoms with van der Waals surface area (Å²) in [5.74, 6) is 0.594. The van der Waals surface area contributed by atoms with Gasteiger partial charge in [0.1, 0.15) is 11.4 Å². The summed E-state index contributed by atoms with van der Waals surface area (Å²) in [7, 11) is 4.59. The number of nitrogens with one attached hydrogen (secondary N) is 1. The Hall–Kier alpha value is -2.60. The van der Waals surface area contributed by atoms with Crippen LogP contribution in [0.3, 0.4) is 0 Å². The fourth-order valence-electron chi connectivity index (χ4n) is 2.67. The maximum atomic E-state index is 14.1. The predicted octanol–water partition coefficient (Wildman–Crippen LogP) is 3.06. The van der Waals surface area contributed by atoms with E-state index in [1.807, 2.05) is 0 Å². The zero-order chi connectivity index (χ0) is 19.2. The highest BCUT2D eigenvalue weighted by atomic mass is 19.1. The number of hydrogen-bond donors (Lipinski definition) is 1. The first kappa shape index (κ1) is 19.7. The van der Waals surface area contributed by atoms with Crippen LogP contribution >= 0.6 is 0 Å². The van der Waals surface area contributed by atoms with Crippen molar-refractivity contribution in [3.8, 4) is 11.5 Å². The smallest absolute Gasteiger partial charge is 0.224 e. The highest BCUT2D eigenvalue weighted by Gasteiger charge is 2.29. The van der Waals surface area contributed by atoms with E-state index in [0.717, 1.165) is 5.56 Å². The highest BCUT2D eigenvalue weighted by Crippen LogP contribution is 2.28. The number of hydrogen-bond acceptors (Lipinski definition) is 4. The number of benzene rings is 2. The van der Waals surface area contributed by atoms with Crippen LogP contribution in [-0.2, 0) is 21.6 Å². The summed E-state index contributed by atoms with van der Waals surface area (Å²) in [5.41, 5.74) is 0.220. The SMILES string of the molecule is COc1ccc(CC(=O)NCC(C)(OC)c2ccccc2F)cc1OC. The average molecular weight is 361 g/mol. The molecule has 0 radical (unpaired) electrons. The van der Waals surface area contributed by atoms with Crippen molar-refractivity contribution in [3.05, 3.63) is 59.4 Å². The Morgan fingerprint density at radius 3 is 2.38 bits per heavy atom. The Labute approximate surface area is 153 Å². The Balaban J connectivity index is 2.04. The van der Waals surface area contributed by atoms with Crippen LogP contribution in [0.5, 0.6) is 11.5 Å². The Kier molecular flexibility index (Phi) is 6.58. The molecule has 2 aromatic rings. The van der Waals surface area contributed by atoms with E-state index in [4.69, 9.17) is 14.2 Å². The molecule has 140 valence electrons. The van der Waals surface area contributed by atoms with Crippen molar-refractivity contribution < 1.29 is 23.4 Å². The molecular weight excluding hydrogens is 337 g/mol. The van der Waals surface area contributed by atoms with Gasteiger partial charge in [0.15, 0.2) is 11.5 Å². The third kappa shape index (κ3) is 4.52. The number of carbonyl (C=O) groups excluding carboxylic acids is 1. The molecule has 1 amide bonds. The molecule has 5 nitrogen and oxygen atoms in total. The first-order valence-corrected chi connectivity index (χ1v) is 8.21. The zero-order valence-corrected chi connectivity index (χ0v) is 15.5. The minimum Gasteiger partial charge on any atom is -0.493 e. The second-order valence-corrected chi connectivity index (χ2v) is 6.06. The summed E-state index contributed by atoms with van der Waals surface area (Å²) >= 11 is 0. The fourth-order valence-corrected chi connectivity index (χ4v) is 2.67. The standard InChI is InChI=1S/C20H24FNO4/c1-20(26-4,15-7-5-6-8-16(15)21)13-22-19(23)12-14-9-10-17(24-2)18(11-14)25-3/h5-11H,12-13H2,1-4H3,(H,22,23). The van der Waals surface area contributed by atoms with Crippen LogP contribution in [0.4, 0.5) is 4.39 Å². The van der Waals surface area contributed by atoms with Crippen LogP contribution in [0, 0.1) is 5.82 Å². The van der Waals surface area contributed by atoms with E-state index in [9.17, 15) is 9.18 Å². The molecule has 1 atom stereocenters. The normalized spacial score (nSPS) is 13.0. The summed E-state index contributed by atoms with van der Waals surface area (Å²) in [4.78, 5) is 12.3. The van der Waals surface area contributed by atoms with Gasteiger partial charge in [0.05, 0.1) is 27.2 Å². The molecule has 0 aliphatic heterocycles. The van der Waals surface area contributed by atoms with Crippen LogP contribution in [-0.4, -0.2) is 33.8 Å². The second-order valence-electron chi connectivity index (χ2n) is 6.06. The minimum atomic E-state index is -0.960. The Morgan fingerprint density at radius 2 is 1.77 bits per heavy atom. The summed E-state index contributed by atoms with van der Waals surface area (Å²) < 4.78 is 30.0. The molecule has 0 saturated heterocycles. The number of methoxy groups -OCH3 is 3. The lowest BCUT2D eigenvalue weighted by molar-refractivity contribution is -0.122. The van der Waals surface area contributed by atoms with E-state index in [1.54, 1.807) is 57.5 Å². The molecule has 6 heteroatoms. The van der Waals surface area contributed by atoms with Gasteiger partial charge in [0.25, 0.3) is 0 Å². The Bertz CT molecular complexity index is 765. The number of halogens is 1. The van der Waals surface area contributed by atoms with Crippen LogP contribution in [0.15, 0.2) is 42.5 Å². The molecule has 1 unspecified atom stereocenters. The number of rotatable bonds is 8. The predicted molar refractivity (Wildman–Crippen MR) is 97.0 cm³/mol. The van der Waals surface area contributed by atoms with Gasteiger partial charge >= 0.3 is 0 Å². The fraction of sp³-hybridized carbons (Fsp3) is 0.350. The van der Waals surface area contributed by atoms with Crippen molar-refractivity contribution in [2.24, 2.45) is 0 Å². The lowest BCUT2D eigenvalue weighted by atomic mass is 9.95. The van der Waals surface area contributed by atoms with Crippen LogP contribution in [0.1, 0.15) is 18.1 Å². The Morgan fingerprint density at radius 1 is 1.08 bits per heavy atom. The van der Waals surface area contributed by atoms with Crippen LogP contribution in [0.25, 0.3) is 0 Å². The number of ether oxygens (including phenoxy) is 3. The van der Waals surface area contributed by atoms with Gasteiger partial charge in [0, 0.05) is 12.7 Å². The second kappa shape index (κ2) is 8.67. The number of carbonyl (C=O) groups is 1. The van der Waals surface area contributed by atoms with E-state index in [2.05, 4.69) is 5.32 Å². The first-order chi connectivity index (χ1) is 12.4. The third-order valence-corrected chi connectivity index (χ3v) is 4.33. The molecular formula is C20H24FNO4. The quantitative estimate of drug-likeness (QED) is 0.785. The van der Waals surface area contributed by atoms with E-state index in [-0.39, 0.29) is 24.7 Å². The topological polar surface area (TPSA) is 56.8 Å². The molecule has 0 aliphatic rings. The maximum absolute atomic E-state index is 14.1. The monoisotopic (exact) mass is 361 g/mol. The zero-order valence-electron chi connectivity index (χ0n) is 15.5. The van der Waals surface area contributed by atoms with Crippen molar-refractivity contribution in [3.63, 3.8) is 0 Å². The van der Waals surface area contributed by atoms with Gasteiger partial charge in [-0.1, -0.05) is 24.3 Å². The maximum Gasteiger partial charge on any atom is 0.224 e. The minimum absolute atomic E-state index is 0.149. The molecule has 1 N–H and O–H groups in total. The molecule has 0 saturated carbocycles. The van der Waals surface area contributed by atoms with Crippen molar-refractivity contribution in [1.29, 1.82) is 0 Å². The molecule has 26 heavy (non-hydrogen) atoms. The van der Waals surface area contributed by atoms with Gasteiger partial charge in [-0.2, -0.15) is 0 Å². The number of amides is 1. The van der Waals surface area contributed by atoms with E-state index in [1.165, 1.54) is 13.2 Å². The lowest BCUT2D eigenvalue weighted by Crippen LogP contribution is -2.41. The summed E-state index contributed by atoms with van der Waals surface area (Å²) in [6, 6.07) is 11.7. The van der Waals surface area contributed by atoms with E-state index in [0.29, 0.717) is 17.1 Å². The third-order valence-electron chi connectivity index (χ3n) is 4.33. The van der Waals surface area contributed by atoms with Crippen LogP contribution in [0.2, 0.25) is 0 Å².